The summed E-state index contributed by atoms with van der Waals surface area (Å²) < 4.78 is 38.5. The molecule has 108 valence electrons. The van der Waals surface area contributed by atoms with Crippen LogP contribution in [0.5, 0.6) is 0 Å². The molecule has 1 aromatic rings. The molecule has 0 radical (unpaired) electrons. The SMILES string of the molecule is CCC(CC)CC(N)c1ccc(Br)c(C(F)(F)F)c1. The Balaban J connectivity index is 2.96. The first kappa shape index (κ1) is 16.5. The first-order chi connectivity index (χ1) is 8.79. The number of halogens is 4. The van der Waals surface area contributed by atoms with Crippen molar-refractivity contribution in [2.24, 2.45) is 11.7 Å². The van der Waals surface area contributed by atoms with Crippen LogP contribution in [-0.2, 0) is 6.18 Å². The van der Waals surface area contributed by atoms with Crippen molar-refractivity contribution in [1.82, 2.24) is 0 Å². The van der Waals surface area contributed by atoms with Gasteiger partial charge in [0.1, 0.15) is 0 Å². The minimum atomic E-state index is -4.36. The van der Waals surface area contributed by atoms with Crippen molar-refractivity contribution in [2.45, 2.75) is 45.3 Å². The molecule has 0 heterocycles. The van der Waals surface area contributed by atoms with Crippen LogP contribution in [0.15, 0.2) is 22.7 Å². The summed E-state index contributed by atoms with van der Waals surface area (Å²) in [7, 11) is 0. The molecular weight excluding hydrogens is 319 g/mol. The van der Waals surface area contributed by atoms with Gasteiger partial charge in [-0.1, -0.05) is 48.7 Å². The van der Waals surface area contributed by atoms with Gasteiger partial charge in [0.15, 0.2) is 0 Å². The predicted octanol–water partition coefficient (Wildman–Crippen LogP) is 5.29. The Bertz CT molecular complexity index is 414. The Morgan fingerprint density at radius 1 is 1.21 bits per heavy atom. The average molecular weight is 338 g/mol. The summed E-state index contributed by atoms with van der Waals surface area (Å²) >= 11 is 2.93. The monoisotopic (exact) mass is 337 g/mol. The van der Waals surface area contributed by atoms with E-state index in [1.165, 1.54) is 6.07 Å². The van der Waals surface area contributed by atoms with Crippen LogP contribution in [0.3, 0.4) is 0 Å². The van der Waals surface area contributed by atoms with Crippen molar-refractivity contribution >= 4 is 15.9 Å². The van der Waals surface area contributed by atoms with E-state index in [9.17, 15) is 13.2 Å². The molecule has 19 heavy (non-hydrogen) atoms. The molecule has 1 unspecified atom stereocenters. The van der Waals surface area contributed by atoms with Crippen LogP contribution in [0.2, 0.25) is 0 Å². The minimum absolute atomic E-state index is 0.0542. The summed E-state index contributed by atoms with van der Waals surface area (Å²) in [4.78, 5) is 0. The maximum Gasteiger partial charge on any atom is 0.417 e. The zero-order chi connectivity index (χ0) is 14.6. The quantitative estimate of drug-likeness (QED) is 0.775. The molecule has 0 saturated carbocycles. The fraction of sp³-hybridized carbons (Fsp3) is 0.571. The van der Waals surface area contributed by atoms with Gasteiger partial charge in [-0.05, 0) is 30.0 Å². The van der Waals surface area contributed by atoms with E-state index in [0.29, 0.717) is 17.9 Å². The zero-order valence-electron chi connectivity index (χ0n) is 11.1. The number of rotatable bonds is 5. The van der Waals surface area contributed by atoms with Crippen molar-refractivity contribution in [3.05, 3.63) is 33.8 Å². The third-order valence-electron chi connectivity index (χ3n) is 3.47. The van der Waals surface area contributed by atoms with Gasteiger partial charge in [0.2, 0.25) is 0 Å². The van der Waals surface area contributed by atoms with Crippen LogP contribution < -0.4 is 5.73 Å². The van der Waals surface area contributed by atoms with Gasteiger partial charge in [0.05, 0.1) is 5.56 Å². The molecule has 0 spiro atoms. The predicted molar refractivity (Wildman–Crippen MR) is 74.8 cm³/mol. The summed E-state index contributed by atoms with van der Waals surface area (Å²) in [5.74, 6) is 0.452. The Kier molecular flexibility index (Phi) is 5.86. The van der Waals surface area contributed by atoms with Crippen LogP contribution >= 0.6 is 15.9 Å². The van der Waals surface area contributed by atoms with Crippen LogP contribution in [0.25, 0.3) is 0 Å². The molecule has 0 aromatic heterocycles. The summed E-state index contributed by atoms with van der Waals surface area (Å²) in [5.41, 5.74) is 5.91. The molecule has 0 bridgehead atoms. The van der Waals surface area contributed by atoms with E-state index in [1.54, 1.807) is 6.07 Å². The highest BCUT2D eigenvalue weighted by molar-refractivity contribution is 9.10. The average Bonchev–Trinajstić information content (AvgIpc) is 2.34. The van der Waals surface area contributed by atoms with Gasteiger partial charge in [0, 0.05) is 10.5 Å². The van der Waals surface area contributed by atoms with Gasteiger partial charge in [-0.2, -0.15) is 13.2 Å². The van der Waals surface area contributed by atoms with E-state index in [0.717, 1.165) is 18.9 Å². The first-order valence-corrected chi connectivity index (χ1v) is 7.21. The maximum atomic E-state index is 12.8. The van der Waals surface area contributed by atoms with Gasteiger partial charge in [0.25, 0.3) is 0 Å². The van der Waals surface area contributed by atoms with Crippen molar-refractivity contribution < 1.29 is 13.2 Å². The van der Waals surface area contributed by atoms with E-state index >= 15 is 0 Å². The first-order valence-electron chi connectivity index (χ1n) is 6.41. The smallest absolute Gasteiger partial charge is 0.324 e. The van der Waals surface area contributed by atoms with Crippen LogP contribution in [-0.4, -0.2) is 0 Å². The zero-order valence-corrected chi connectivity index (χ0v) is 12.7. The fourth-order valence-corrected chi connectivity index (χ4v) is 2.58. The lowest BCUT2D eigenvalue weighted by Crippen LogP contribution is -2.16. The standard InChI is InChI=1S/C14H19BrF3N/c1-3-9(4-2)7-13(19)10-5-6-12(15)11(8-10)14(16,17)18/h5-6,8-9,13H,3-4,7,19H2,1-2H3. The second kappa shape index (κ2) is 6.75. The second-order valence-corrected chi connectivity index (χ2v) is 5.62. The van der Waals surface area contributed by atoms with Crippen LogP contribution in [0, 0.1) is 5.92 Å². The highest BCUT2D eigenvalue weighted by Crippen LogP contribution is 2.36. The third-order valence-corrected chi connectivity index (χ3v) is 4.16. The van der Waals surface area contributed by atoms with Crippen LogP contribution in [0.1, 0.15) is 50.3 Å². The van der Waals surface area contributed by atoms with Gasteiger partial charge in [-0.15, -0.1) is 0 Å². The Hall–Kier alpha value is -0.550. The van der Waals surface area contributed by atoms with Crippen molar-refractivity contribution in [2.75, 3.05) is 0 Å². The topological polar surface area (TPSA) is 26.0 Å². The highest BCUT2D eigenvalue weighted by atomic mass is 79.9. The molecule has 0 amide bonds. The molecule has 0 fully saturated rings. The number of benzene rings is 1. The molecule has 0 aliphatic heterocycles. The summed E-state index contributed by atoms with van der Waals surface area (Å²) in [6, 6.07) is 3.88. The van der Waals surface area contributed by atoms with E-state index < -0.39 is 11.7 Å². The largest absolute Gasteiger partial charge is 0.417 e. The molecule has 2 N–H and O–H groups in total. The lowest BCUT2D eigenvalue weighted by atomic mass is 9.91. The number of hydrogen-bond acceptors (Lipinski definition) is 1. The van der Waals surface area contributed by atoms with Crippen molar-refractivity contribution in [3.63, 3.8) is 0 Å². The summed E-state index contributed by atoms with van der Waals surface area (Å²) in [6.07, 6.45) is -1.66. The van der Waals surface area contributed by atoms with Crippen molar-refractivity contribution in [3.8, 4) is 0 Å². The van der Waals surface area contributed by atoms with Gasteiger partial charge >= 0.3 is 6.18 Å². The lowest BCUT2D eigenvalue weighted by molar-refractivity contribution is -0.138. The normalized spacial score (nSPS) is 13.9. The highest BCUT2D eigenvalue weighted by Gasteiger charge is 2.33. The summed E-state index contributed by atoms with van der Waals surface area (Å²) in [5, 5.41) is 0. The summed E-state index contributed by atoms with van der Waals surface area (Å²) in [6.45, 7) is 4.15. The van der Waals surface area contributed by atoms with Gasteiger partial charge < -0.3 is 5.73 Å². The number of alkyl halides is 3. The maximum absolute atomic E-state index is 12.8. The minimum Gasteiger partial charge on any atom is -0.324 e. The lowest BCUT2D eigenvalue weighted by Gasteiger charge is -2.20. The molecular formula is C14H19BrF3N. The molecule has 1 aromatic carbocycles. The third kappa shape index (κ3) is 4.49. The Morgan fingerprint density at radius 3 is 2.26 bits per heavy atom. The molecule has 0 aliphatic carbocycles. The van der Waals surface area contributed by atoms with Crippen molar-refractivity contribution in [1.29, 1.82) is 0 Å². The Labute approximate surface area is 120 Å². The van der Waals surface area contributed by atoms with E-state index in [4.69, 9.17) is 5.73 Å². The second-order valence-electron chi connectivity index (χ2n) is 4.76. The fourth-order valence-electron chi connectivity index (χ4n) is 2.11. The van der Waals surface area contributed by atoms with E-state index in [2.05, 4.69) is 29.8 Å². The molecule has 1 atom stereocenters. The van der Waals surface area contributed by atoms with Gasteiger partial charge in [-0.3, -0.25) is 0 Å². The van der Waals surface area contributed by atoms with Gasteiger partial charge in [-0.25, -0.2) is 0 Å². The molecule has 0 aliphatic rings. The molecule has 0 saturated heterocycles. The van der Waals surface area contributed by atoms with Crippen LogP contribution in [0.4, 0.5) is 13.2 Å². The Morgan fingerprint density at radius 2 is 1.79 bits per heavy atom. The van der Waals surface area contributed by atoms with E-state index in [1.807, 2.05) is 0 Å². The number of nitrogens with two attached hydrogens (primary N) is 1. The number of hydrogen-bond donors (Lipinski definition) is 1. The molecule has 1 rings (SSSR count). The molecule has 5 heteroatoms. The van der Waals surface area contributed by atoms with E-state index in [-0.39, 0.29) is 10.5 Å². The molecule has 1 nitrogen and oxygen atoms in total.